The molecule has 11 heavy (non-hydrogen) atoms. The van der Waals surface area contributed by atoms with Crippen LogP contribution in [0.5, 0.6) is 0 Å². The van der Waals surface area contributed by atoms with Crippen molar-refractivity contribution in [3.63, 3.8) is 0 Å². The topological polar surface area (TPSA) is 25.2 Å². The molecule has 0 aliphatic carbocycles. The number of halogens is 2. The highest BCUT2D eigenvalue weighted by Crippen LogP contribution is 2.31. The maximum Gasteiger partial charge on any atom is 0.183 e. The van der Waals surface area contributed by atoms with E-state index in [0.717, 1.165) is 28.0 Å². The molecule has 2 heterocycles. The van der Waals surface area contributed by atoms with Crippen molar-refractivity contribution in [1.82, 2.24) is 5.32 Å². The summed E-state index contributed by atoms with van der Waals surface area (Å²) in [7, 11) is 0. The van der Waals surface area contributed by atoms with Crippen LogP contribution in [-0.4, -0.2) is 13.1 Å². The van der Waals surface area contributed by atoms with E-state index in [1.54, 1.807) is 0 Å². The van der Waals surface area contributed by atoms with Crippen molar-refractivity contribution >= 4 is 31.9 Å². The predicted molar refractivity (Wildman–Crippen MR) is 49.7 cm³/mol. The standard InChI is InChI=1S/C7H7Br2NO/c8-5-1-6(11-7(5)9)4-2-10-3-4/h1,4,10H,2-3H2. The third-order valence-electron chi connectivity index (χ3n) is 1.85. The lowest BCUT2D eigenvalue weighted by molar-refractivity contribution is 0.362. The van der Waals surface area contributed by atoms with E-state index in [1.165, 1.54) is 0 Å². The molecule has 0 atom stereocenters. The highest BCUT2D eigenvalue weighted by molar-refractivity contribution is 9.13. The maximum absolute atomic E-state index is 5.45. The van der Waals surface area contributed by atoms with Gasteiger partial charge >= 0.3 is 0 Å². The first-order chi connectivity index (χ1) is 5.27. The molecule has 4 heteroatoms. The quantitative estimate of drug-likeness (QED) is 0.855. The smallest absolute Gasteiger partial charge is 0.183 e. The van der Waals surface area contributed by atoms with E-state index in [4.69, 9.17) is 4.42 Å². The molecule has 1 N–H and O–H groups in total. The third-order valence-corrected chi connectivity index (χ3v) is 3.56. The van der Waals surface area contributed by atoms with Crippen molar-refractivity contribution in [2.45, 2.75) is 5.92 Å². The summed E-state index contributed by atoms with van der Waals surface area (Å²) in [6.07, 6.45) is 0. The minimum absolute atomic E-state index is 0.567. The molecule has 0 saturated carbocycles. The van der Waals surface area contributed by atoms with Crippen LogP contribution >= 0.6 is 31.9 Å². The van der Waals surface area contributed by atoms with Crippen LogP contribution in [0.25, 0.3) is 0 Å². The molecule has 2 nitrogen and oxygen atoms in total. The molecular formula is C7H7Br2NO. The second kappa shape index (κ2) is 2.92. The van der Waals surface area contributed by atoms with Gasteiger partial charge in [0.1, 0.15) is 5.76 Å². The van der Waals surface area contributed by atoms with Gasteiger partial charge in [0.25, 0.3) is 0 Å². The lowest BCUT2D eigenvalue weighted by atomic mass is 10.0. The fraction of sp³-hybridized carbons (Fsp3) is 0.429. The van der Waals surface area contributed by atoms with Crippen molar-refractivity contribution in [3.8, 4) is 0 Å². The van der Waals surface area contributed by atoms with E-state index in [-0.39, 0.29) is 0 Å². The second-order valence-electron chi connectivity index (χ2n) is 2.63. The summed E-state index contributed by atoms with van der Waals surface area (Å²) in [6, 6.07) is 2.02. The molecule has 2 rings (SSSR count). The number of rotatable bonds is 1. The van der Waals surface area contributed by atoms with Gasteiger partial charge in [0, 0.05) is 19.0 Å². The zero-order valence-corrected chi connectivity index (χ0v) is 8.91. The van der Waals surface area contributed by atoms with Gasteiger partial charge in [-0.25, -0.2) is 0 Å². The van der Waals surface area contributed by atoms with Gasteiger partial charge < -0.3 is 9.73 Å². The highest BCUT2D eigenvalue weighted by Gasteiger charge is 2.23. The lowest BCUT2D eigenvalue weighted by Crippen LogP contribution is -2.39. The molecule has 0 aromatic carbocycles. The summed E-state index contributed by atoms with van der Waals surface area (Å²) in [4.78, 5) is 0. The highest BCUT2D eigenvalue weighted by atomic mass is 79.9. The minimum atomic E-state index is 0.567. The molecule has 1 saturated heterocycles. The molecule has 1 fully saturated rings. The fourth-order valence-electron chi connectivity index (χ4n) is 1.05. The summed E-state index contributed by atoms with van der Waals surface area (Å²) in [5, 5.41) is 3.20. The zero-order valence-electron chi connectivity index (χ0n) is 5.73. The van der Waals surface area contributed by atoms with Gasteiger partial charge in [-0.1, -0.05) is 0 Å². The fourth-order valence-corrected chi connectivity index (χ4v) is 1.66. The molecule has 1 aliphatic rings. The van der Waals surface area contributed by atoms with Gasteiger partial charge in [-0.05, 0) is 37.9 Å². The van der Waals surface area contributed by atoms with Crippen LogP contribution in [0.4, 0.5) is 0 Å². The molecule has 0 radical (unpaired) electrons. The van der Waals surface area contributed by atoms with Crippen LogP contribution in [0, 0.1) is 0 Å². The Morgan fingerprint density at radius 2 is 2.18 bits per heavy atom. The molecule has 0 bridgehead atoms. The van der Waals surface area contributed by atoms with E-state index in [9.17, 15) is 0 Å². The Labute approximate surface area is 81.6 Å². The number of furan rings is 1. The number of hydrogen-bond acceptors (Lipinski definition) is 2. The predicted octanol–water partition coefficient (Wildman–Crippen LogP) is 2.49. The average molecular weight is 281 g/mol. The van der Waals surface area contributed by atoms with Crippen molar-refractivity contribution in [2.24, 2.45) is 0 Å². The normalized spacial score (nSPS) is 18.4. The van der Waals surface area contributed by atoms with Gasteiger partial charge in [0.2, 0.25) is 0 Å². The second-order valence-corrected chi connectivity index (χ2v) is 4.20. The Morgan fingerprint density at radius 3 is 2.55 bits per heavy atom. The third kappa shape index (κ3) is 1.39. The van der Waals surface area contributed by atoms with Gasteiger partial charge in [-0.2, -0.15) is 0 Å². The molecular weight excluding hydrogens is 274 g/mol. The Morgan fingerprint density at radius 1 is 1.45 bits per heavy atom. The van der Waals surface area contributed by atoms with Crippen LogP contribution in [0.3, 0.4) is 0 Å². The van der Waals surface area contributed by atoms with E-state index < -0.39 is 0 Å². The molecule has 0 unspecified atom stereocenters. The average Bonchev–Trinajstić information content (AvgIpc) is 2.08. The van der Waals surface area contributed by atoms with Gasteiger partial charge in [0.05, 0.1) is 4.47 Å². The Kier molecular flexibility index (Phi) is 2.08. The first-order valence-electron chi connectivity index (χ1n) is 3.43. The Balaban J connectivity index is 2.24. The van der Waals surface area contributed by atoms with Gasteiger partial charge in [-0.3, -0.25) is 0 Å². The maximum atomic E-state index is 5.45. The Bertz CT molecular complexity index is 248. The van der Waals surface area contributed by atoms with E-state index in [1.807, 2.05) is 6.07 Å². The molecule has 0 spiro atoms. The zero-order chi connectivity index (χ0) is 7.84. The molecule has 60 valence electrons. The van der Waals surface area contributed by atoms with Crippen LogP contribution in [0.1, 0.15) is 11.7 Å². The summed E-state index contributed by atoms with van der Waals surface area (Å²) in [6.45, 7) is 2.07. The van der Waals surface area contributed by atoms with Gasteiger partial charge in [-0.15, -0.1) is 0 Å². The largest absolute Gasteiger partial charge is 0.453 e. The molecule has 1 aromatic heterocycles. The van der Waals surface area contributed by atoms with Gasteiger partial charge in [0.15, 0.2) is 4.67 Å². The SMILES string of the molecule is Brc1cc(C2CNC2)oc1Br. The van der Waals surface area contributed by atoms with Crippen molar-refractivity contribution < 1.29 is 4.42 Å². The van der Waals surface area contributed by atoms with Crippen LogP contribution < -0.4 is 5.32 Å². The first-order valence-corrected chi connectivity index (χ1v) is 5.01. The van der Waals surface area contributed by atoms with Crippen molar-refractivity contribution in [2.75, 3.05) is 13.1 Å². The minimum Gasteiger partial charge on any atom is -0.453 e. The monoisotopic (exact) mass is 279 g/mol. The van der Waals surface area contributed by atoms with Crippen LogP contribution in [0.15, 0.2) is 19.6 Å². The number of nitrogens with one attached hydrogen (secondary N) is 1. The molecule has 0 amide bonds. The summed E-state index contributed by atoms with van der Waals surface area (Å²) >= 11 is 6.68. The Hall–Kier alpha value is 0.200. The first kappa shape index (κ1) is 7.83. The van der Waals surface area contributed by atoms with Crippen molar-refractivity contribution in [3.05, 3.63) is 21.0 Å². The number of hydrogen-bond donors (Lipinski definition) is 1. The molecule has 1 aliphatic heterocycles. The van der Waals surface area contributed by atoms with E-state index in [0.29, 0.717) is 5.92 Å². The summed E-state index contributed by atoms with van der Waals surface area (Å²) in [5.74, 6) is 1.63. The van der Waals surface area contributed by atoms with Crippen LogP contribution in [-0.2, 0) is 0 Å². The van der Waals surface area contributed by atoms with E-state index in [2.05, 4.69) is 37.2 Å². The van der Waals surface area contributed by atoms with Crippen LogP contribution in [0.2, 0.25) is 0 Å². The van der Waals surface area contributed by atoms with Crippen molar-refractivity contribution in [1.29, 1.82) is 0 Å². The lowest BCUT2D eigenvalue weighted by Gasteiger charge is -2.24. The molecule has 1 aromatic rings. The summed E-state index contributed by atoms with van der Waals surface area (Å²) in [5.41, 5.74) is 0. The summed E-state index contributed by atoms with van der Waals surface area (Å²) < 4.78 is 7.24. The van der Waals surface area contributed by atoms with E-state index >= 15 is 0 Å².